The molecule has 98 valence electrons. The molecule has 0 atom stereocenters. The number of aromatic nitrogens is 4. The maximum absolute atomic E-state index is 2.36. The Hall–Kier alpha value is -0.541. The van der Waals surface area contributed by atoms with Crippen LogP contribution in [0, 0.1) is 0 Å². The summed E-state index contributed by atoms with van der Waals surface area (Å²) in [4.78, 5) is 0. The van der Waals surface area contributed by atoms with E-state index in [-0.39, 0.29) is 0 Å². The zero-order chi connectivity index (χ0) is 13.1. The summed E-state index contributed by atoms with van der Waals surface area (Å²) >= 11 is 1.06. The monoisotopic (exact) mass is 380 g/mol. The fourth-order valence-electron chi connectivity index (χ4n) is 1.79. The van der Waals surface area contributed by atoms with Gasteiger partial charge >= 0.3 is 120 Å². The fraction of sp³-hybridized carbons (Fsp3) is 0.500. The van der Waals surface area contributed by atoms with Crippen LogP contribution in [0.15, 0.2) is 24.8 Å². The number of nitrogens with zero attached hydrogens (tertiary/aromatic N) is 4. The number of hydrogen-bond donors (Lipinski definition) is 0. The van der Waals surface area contributed by atoms with Crippen LogP contribution >= 0.6 is 0 Å². The summed E-state index contributed by atoms with van der Waals surface area (Å²) in [5, 5.41) is 0. The third-order valence-electron chi connectivity index (χ3n) is 2.91. The Morgan fingerprint density at radius 2 is 1.28 bits per heavy atom. The molecule has 0 fully saturated rings. The molecule has 18 heavy (non-hydrogen) atoms. The fourth-order valence-corrected chi connectivity index (χ4v) is 10.3. The van der Waals surface area contributed by atoms with Gasteiger partial charge < -0.3 is 0 Å². The van der Waals surface area contributed by atoms with Crippen LogP contribution in [0.5, 0.6) is 0 Å². The molecule has 0 aromatic carbocycles. The van der Waals surface area contributed by atoms with Crippen molar-refractivity contribution in [2.45, 2.75) is 26.9 Å². The van der Waals surface area contributed by atoms with Gasteiger partial charge in [-0.15, -0.1) is 0 Å². The van der Waals surface area contributed by atoms with Crippen LogP contribution in [0.2, 0.25) is 0 Å². The van der Waals surface area contributed by atoms with Gasteiger partial charge in [-0.05, 0) is 0 Å². The topological polar surface area (TPSA) is 17.6 Å². The molecular weight excluding hydrogens is 358 g/mol. The summed E-state index contributed by atoms with van der Waals surface area (Å²) in [6.07, 6.45) is 8.70. The minimum atomic E-state index is 0.532. The summed E-state index contributed by atoms with van der Waals surface area (Å²) in [5.41, 5.74) is 0. The molecule has 0 N–H and O–H groups in total. The van der Waals surface area contributed by atoms with Crippen LogP contribution in [-0.4, -0.2) is 35.4 Å². The van der Waals surface area contributed by atoms with Crippen LogP contribution in [0.1, 0.15) is 13.8 Å². The molecule has 2 heterocycles. The van der Waals surface area contributed by atoms with E-state index in [0.717, 1.165) is 13.1 Å². The van der Waals surface area contributed by atoms with E-state index < -0.39 is 0 Å². The molecule has 2 aromatic rings. The predicted octanol–water partition coefficient (Wildman–Crippen LogP) is -1.75. The first kappa shape index (κ1) is 13.9. The standard InChI is InChI=1S/C12H20N4Se2/c1-5-15-9-7-13(3)11(15)17-18-12-14(4)8-10-16(12)6-2/h7-10H,5-6H2,1-4H3/q+2. The Balaban J connectivity index is 2.16. The molecule has 0 amide bonds. The second kappa shape index (κ2) is 6.07. The predicted molar refractivity (Wildman–Crippen MR) is 73.3 cm³/mol. The van der Waals surface area contributed by atoms with E-state index in [2.05, 4.69) is 71.0 Å². The quantitative estimate of drug-likeness (QED) is 0.434. The number of hydrogen-bond acceptors (Lipinski definition) is 0. The summed E-state index contributed by atoms with van der Waals surface area (Å²) in [6.45, 7) is 6.55. The summed E-state index contributed by atoms with van der Waals surface area (Å²) in [5.74, 6) is 0. The molecule has 4 nitrogen and oxygen atoms in total. The molecule has 0 aliphatic heterocycles. The Kier molecular flexibility index (Phi) is 4.68. The normalized spacial score (nSPS) is 11.1. The molecule has 0 saturated heterocycles. The molecule has 2 rings (SSSR count). The van der Waals surface area contributed by atoms with Gasteiger partial charge in [0.2, 0.25) is 0 Å². The number of rotatable bonds is 5. The van der Waals surface area contributed by atoms with E-state index in [0.29, 0.717) is 26.3 Å². The average molecular weight is 378 g/mol. The molecule has 6 heteroatoms. The number of aryl methyl sites for hydroxylation is 4. The molecule has 0 radical (unpaired) electrons. The molecule has 0 spiro atoms. The zero-order valence-corrected chi connectivity index (χ0v) is 14.8. The van der Waals surface area contributed by atoms with Crippen molar-refractivity contribution in [2.24, 2.45) is 14.1 Å². The Morgan fingerprint density at radius 1 is 0.889 bits per heavy atom. The molecule has 0 aliphatic carbocycles. The van der Waals surface area contributed by atoms with E-state index >= 15 is 0 Å². The van der Waals surface area contributed by atoms with Crippen LogP contribution in [-0.2, 0) is 27.2 Å². The van der Waals surface area contributed by atoms with Crippen molar-refractivity contribution in [3.63, 3.8) is 0 Å². The van der Waals surface area contributed by atoms with E-state index in [1.54, 1.807) is 0 Å². The molecule has 0 saturated carbocycles. The molecule has 2 aromatic heterocycles. The first-order valence-electron chi connectivity index (χ1n) is 6.11. The van der Waals surface area contributed by atoms with Gasteiger partial charge in [-0.1, -0.05) is 0 Å². The van der Waals surface area contributed by atoms with Crippen LogP contribution in [0.3, 0.4) is 0 Å². The van der Waals surface area contributed by atoms with Crippen molar-refractivity contribution in [2.75, 3.05) is 0 Å². The number of imidazole rings is 2. The Labute approximate surface area is 119 Å². The van der Waals surface area contributed by atoms with Gasteiger partial charge in [-0.3, -0.25) is 0 Å². The van der Waals surface area contributed by atoms with E-state index in [1.165, 1.54) is 9.45 Å². The second-order valence-corrected chi connectivity index (χ2v) is 9.99. The SMILES string of the molecule is CCn1cc[n+](C)c1[Se][Se]c1n(CC)cc[n+]1C. The van der Waals surface area contributed by atoms with Gasteiger partial charge in [0.1, 0.15) is 0 Å². The van der Waals surface area contributed by atoms with Gasteiger partial charge in [0.15, 0.2) is 0 Å². The molecule has 0 bridgehead atoms. The first-order chi connectivity index (χ1) is 8.67. The van der Waals surface area contributed by atoms with Crippen molar-refractivity contribution in [3.8, 4) is 0 Å². The van der Waals surface area contributed by atoms with Crippen molar-refractivity contribution in [3.05, 3.63) is 24.8 Å². The van der Waals surface area contributed by atoms with Gasteiger partial charge in [0, 0.05) is 0 Å². The van der Waals surface area contributed by atoms with Crippen molar-refractivity contribution < 1.29 is 9.13 Å². The minimum absolute atomic E-state index is 0.532. The van der Waals surface area contributed by atoms with Gasteiger partial charge in [0.05, 0.1) is 0 Å². The van der Waals surface area contributed by atoms with Crippen LogP contribution in [0.25, 0.3) is 0 Å². The van der Waals surface area contributed by atoms with Crippen molar-refractivity contribution >= 4 is 35.7 Å². The van der Waals surface area contributed by atoms with Crippen molar-refractivity contribution in [1.29, 1.82) is 0 Å². The molecular formula is C12H20N4Se2+2. The third-order valence-corrected chi connectivity index (χ3v) is 10.1. The van der Waals surface area contributed by atoms with E-state index in [9.17, 15) is 0 Å². The second-order valence-electron chi connectivity index (χ2n) is 4.12. The summed E-state index contributed by atoms with van der Waals surface area (Å²) in [6, 6.07) is 0. The summed E-state index contributed by atoms with van der Waals surface area (Å²) in [7, 11) is 4.30. The van der Waals surface area contributed by atoms with Gasteiger partial charge in [0.25, 0.3) is 0 Å². The van der Waals surface area contributed by atoms with Crippen LogP contribution < -0.4 is 18.6 Å². The van der Waals surface area contributed by atoms with Crippen molar-refractivity contribution in [1.82, 2.24) is 9.13 Å². The Morgan fingerprint density at radius 3 is 1.61 bits per heavy atom. The van der Waals surface area contributed by atoms with E-state index in [4.69, 9.17) is 0 Å². The first-order valence-corrected chi connectivity index (χ1v) is 12.2. The van der Waals surface area contributed by atoms with Gasteiger partial charge in [-0.25, -0.2) is 0 Å². The van der Waals surface area contributed by atoms with E-state index in [1.807, 2.05) is 0 Å². The summed E-state index contributed by atoms with van der Waals surface area (Å²) < 4.78 is 12.2. The zero-order valence-electron chi connectivity index (χ0n) is 11.3. The van der Waals surface area contributed by atoms with Gasteiger partial charge in [-0.2, -0.15) is 0 Å². The molecule has 0 aliphatic rings. The Bertz CT molecular complexity index is 482. The maximum atomic E-state index is 2.36. The van der Waals surface area contributed by atoms with Crippen LogP contribution in [0.4, 0.5) is 0 Å². The molecule has 0 unspecified atom stereocenters. The average Bonchev–Trinajstić information content (AvgIpc) is 2.90. The third kappa shape index (κ3) is 2.72.